The Hall–Kier alpha value is 0.0400. The van der Waals surface area contributed by atoms with E-state index in [1.807, 2.05) is 6.92 Å². The fourth-order valence-electron chi connectivity index (χ4n) is 1.70. The van der Waals surface area contributed by atoms with Gasteiger partial charge in [-0.25, -0.2) is 0 Å². The molecule has 0 bridgehead atoms. The van der Waals surface area contributed by atoms with Crippen molar-refractivity contribution in [2.75, 3.05) is 5.75 Å². The second kappa shape index (κ2) is 3.83. The zero-order chi connectivity index (χ0) is 9.19. The fourth-order valence-corrected chi connectivity index (χ4v) is 4.00. The minimum Gasteiger partial charge on any atom is -0.392 e. The molecule has 12 heavy (non-hydrogen) atoms. The molecule has 0 aromatic heterocycles. The van der Waals surface area contributed by atoms with E-state index in [9.17, 15) is 4.21 Å². The lowest BCUT2D eigenvalue weighted by molar-refractivity contribution is 0.552. The van der Waals surface area contributed by atoms with E-state index in [1.54, 1.807) is 0 Å². The van der Waals surface area contributed by atoms with Crippen molar-refractivity contribution in [2.24, 2.45) is 5.73 Å². The highest BCUT2D eigenvalue weighted by Crippen LogP contribution is 2.31. The van der Waals surface area contributed by atoms with Crippen LogP contribution < -0.4 is 5.73 Å². The predicted molar refractivity (Wildman–Crippen MR) is 56.7 cm³/mol. The molecule has 1 fully saturated rings. The van der Waals surface area contributed by atoms with Gasteiger partial charge in [0.05, 0.1) is 9.74 Å². The van der Waals surface area contributed by atoms with Crippen molar-refractivity contribution in [1.29, 1.82) is 0 Å². The van der Waals surface area contributed by atoms with Crippen LogP contribution in [0.15, 0.2) is 0 Å². The first kappa shape index (κ1) is 10.1. The molecule has 0 aromatic rings. The first-order valence-corrected chi connectivity index (χ1v) is 6.04. The molecular formula is C8H15NOS2. The van der Waals surface area contributed by atoms with E-state index in [0.29, 0.717) is 4.99 Å². The van der Waals surface area contributed by atoms with Crippen molar-refractivity contribution in [2.45, 2.75) is 37.4 Å². The Labute approximate surface area is 81.4 Å². The van der Waals surface area contributed by atoms with Crippen molar-refractivity contribution in [3.8, 4) is 0 Å². The molecule has 0 saturated carbocycles. The van der Waals surface area contributed by atoms with E-state index < -0.39 is 10.8 Å². The summed E-state index contributed by atoms with van der Waals surface area (Å²) in [5.41, 5.74) is 5.64. The average molecular weight is 205 g/mol. The van der Waals surface area contributed by atoms with E-state index in [2.05, 4.69) is 0 Å². The Morgan fingerprint density at radius 1 is 1.67 bits per heavy atom. The topological polar surface area (TPSA) is 43.1 Å². The third kappa shape index (κ3) is 1.55. The van der Waals surface area contributed by atoms with Gasteiger partial charge in [-0.15, -0.1) is 0 Å². The van der Waals surface area contributed by atoms with E-state index in [-0.39, 0.29) is 4.75 Å². The number of nitrogens with two attached hydrogens (primary N) is 1. The van der Waals surface area contributed by atoms with E-state index >= 15 is 0 Å². The van der Waals surface area contributed by atoms with Crippen LogP contribution in [0.3, 0.4) is 0 Å². The smallest absolute Gasteiger partial charge is 0.0953 e. The number of hydrogen-bond donors (Lipinski definition) is 1. The molecule has 1 heterocycles. The maximum absolute atomic E-state index is 11.7. The van der Waals surface area contributed by atoms with Crippen molar-refractivity contribution in [3.05, 3.63) is 0 Å². The molecule has 70 valence electrons. The molecule has 0 aliphatic carbocycles. The molecule has 2 N–H and O–H groups in total. The summed E-state index contributed by atoms with van der Waals surface area (Å²) in [5, 5.41) is 0. The van der Waals surface area contributed by atoms with Gasteiger partial charge < -0.3 is 5.73 Å². The van der Waals surface area contributed by atoms with Gasteiger partial charge in [0.15, 0.2) is 0 Å². The van der Waals surface area contributed by atoms with Gasteiger partial charge in [0.25, 0.3) is 0 Å². The van der Waals surface area contributed by atoms with Crippen LogP contribution in [0.5, 0.6) is 0 Å². The quantitative estimate of drug-likeness (QED) is 0.692. The average Bonchev–Trinajstić information content (AvgIpc) is 2.05. The molecular weight excluding hydrogens is 190 g/mol. The SMILES string of the molecule is CCC1(C(N)=S)CCCCS1=O. The summed E-state index contributed by atoms with van der Waals surface area (Å²) in [6, 6.07) is 0. The highest BCUT2D eigenvalue weighted by atomic mass is 32.2. The molecule has 4 heteroatoms. The van der Waals surface area contributed by atoms with Gasteiger partial charge in [-0.3, -0.25) is 4.21 Å². The number of hydrogen-bond acceptors (Lipinski definition) is 2. The Balaban J connectivity index is 2.88. The first-order chi connectivity index (χ1) is 5.63. The maximum atomic E-state index is 11.7. The van der Waals surface area contributed by atoms with Crippen molar-refractivity contribution >= 4 is 28.0 Å². The highest BCUT2D eigenvalue weighted by Gasteiger charge is 2.39. The second-order valence-corrected chi connectivity index (χ2v) is 5.54. The van der Waals surface area contributed by atoms with Crippen LogP contribution in [0.4, 0.5) is 0 Å². The minimum atomic E-state index is -0.833. The van der Waals surface area contributed by atoms with Crippen molar-refractivity contribution in [1.82, 2.24) is 0 Å². The van der Waals surface area contributed by atoms with E-state index in [0.717, 1.165) is 31.4 Å². The Kier molecular flexibility index (Phi) is 3.23. The van der Waals surface area contributed by atoms with Crippen LogP contribution in [0.2, 0.25) is 0 Å². The normalized spacial score (nSPS) is 36.2. The lowest BCUT2D eigenvalue weighted by Gasteiger charge is -2.34. The monoisotopic (exact) mass is 205 g/mol. The lowest BCUT2D eigenvalue weighted by Crippen LogP contribution is -2.48. The standard InChI is InChI=1S/C8H15NOS2/c1-2-8(7(9)11)5-3-4-6-12(8)10/h2-6H2,1H3,(H2,9,11). The third-order valence-electron chi connectivity index (χ3n) is 2.62. The van der Waals surface area contributed by atoms with Crippen LogP contribution in [0, 0.1) is 0 Å². The molecule has 2 nitrogen and oxygen atoms in total. The molecule has 1 aliphatic heterocycles. The van der Waals surface area contributed by atoms with Crippen molar-refractivity contribution < 1.29 is 4.21 Å². The van der Waals surface area contributed by atoms with Gasteiger partial charge in [-0.05, 0) is 19.3 Å². The van der Waals surface area contributed by atoms with Gasteiger partial charge in [0, 0.05) is 16.6 Å². The summed E-state index contributed by atoms with van der Waals surface area (Å²) in [4.78, 5) is 0.447. The molecule has 0 spiro atoms. The van der Waals surface area contributed by atoms with Gasteiger partial charge >= 0.3 is 0 Å². The minimum absolute atomic E-state index is 0.340. The third-order valence-corrected chi connectivity index (χ3v) is 5.38. The molecule has 2 atom stereocenters. The van der Waals surface area contributed by atoms with Crippen molar-refractivity contribution in [3.63, 3.8) is 0 Å². The zero-order valence-electron chi connectivity index (χ0n) is 7.34. The molecule has 2 unspecified atom stereocenters. The number of rotatable bonds is 2. The summed E-state index contributed by atoms with van der Waals surface area (Å²) in [6.07, 6.45) is 3.88. The Morgan fingerprint density at radius 3 is 2.67 bits per heavy atom. The summed E-state index contributed by atoms with van der Waals surface area (Å²) in [7, 11) is -0.833. The maximum Gasteiger partial charge on any atom is 0.0953 e. The molecule has 1 rings (SSSR count). The predicted octanol–water partition coefficient (Wildman–Crippen LogP) is 1.35. The van der Waals surface area contributed by atoms with Gasteiger partial charge in [0.2, 0.25) is 0 Å². The van der Waals surface area contributed by atoms with Crippen LogP contribution in [-0.2, 0) is 10.8 Å². The van der Waals surface area contributed by atoms with Crippen LogP contribution >= 0.6 is 12.2 Å². The largest absolute Gasteiger partial charge is 0.392 e. The highest BCUT2D eigenvalue weighted by molar-refractivity contribution is 7.90. The lowest BCUT2D eigenvalue weighted by atomic mass is 9.98. The Morgan fingerprint density at radius 2 is 2.33 bits per heavy atom. The number of thiocarbonyl (C=S) groups is 1. The molecule has 0 aromatic carbocycles. The van der Waals surface area contributed by atoms with E-state index in [4.69, 9.17) is 18.0 Å². The summed E-state index contributed by atoms with van der Waals surface area (Å²) in [5.74, 6) is 0.769. The van der Waals surface area contributed by atoms with Gasteiger partial charge in [-0.2, -0.15) is 0 Å². The van der Waals surface area contributed by atoms with Crippen LogP contribution in [0.25, 0.3) is 0 Å². The van der Waals surface area contributed by atoms with Gasteiger partial charge in [-0.1, -0.05) is 25.6 Å². The van der Waals surface area contributed by atoms with Crippen LogP contribution in [-0.4, -0.2) is 19.7 Å². The molecule has 0 radical (unpaired) electrons. The molecule has 1 aliphatic rings. The van der Waals surface area contributed by atoms with E-state index in [1.165, 1.54) is 0 Å². The second-order valence-electron chi connectivity index (χ2n) is 3.22. The fraction of sp³-hybridized carbons (Fsp3) is 0.875. The molecule has 1 saturated heterocycles. The van der Waals surface area contributed by atoms with Gasteiger partial charge in [0.1, 0.15) is 0 Å². The first-order valence-electron chi connectivity index (χ1n) is 4.32. The van der Waals surface area contributed by atoms with Crippen LogP contribution in [0.1, 0.15) is 32.6 Å². The summed E-state index contributed by atoms with van der Waals surface area (Å²) >= 11 is 4.99. The zero-order valence-corrected chi connectivity index (χ0v) is 8.97. The summed E-state index contributed by atoms with van der Waals surface area (Å²) < 4.78 is 11.4. The summed E-state index contributed by atoms with van der Waals surface area (Å²) in [6.45, 7) is 2.02. The molecule has 0 amide bonds. The Bertz CT molecular complexity index is 217.